The van der Waals surface area contributed by atoms with Crippen molar-refractivity contribution in [1.82, 2.24) is 14.7 Å². The molecule has 0 bridgehead atoms. The van der Waals surface area contributed by atoms with Gasteiger partial charge in [-0.15, -0.1) is 11.3 Å². The summed E-state index contributed by atoms with van der Waals surface area (Å²) in [7, 11) is -2.75. The number of aromatic nitrogens is 2. The minimum Gasteiger partial charge on any atom is -0.390 e. The number of hydrogen-bond donors (Lipinski definition) is 4. The van der Waals surface area contributed by atoms with E-state index in [-0.39, 0.29) is 33.4 Å². The van der Waals surface area contributed by atoms with Crippen LogP contribution in [-0.4, -0.2) is 59.7 Å². The molecule has 0 saturated heterocycles. The standard InChI is InChI=1S/C21H23ClN4O6S2/c1-23-34(30,31)32-17-7-12(6-16(17)28)26-21-14(9-24-10-25-21)19(29)18-8-13(20(22)33-18)15(27)5-4-11-2-3-11/h8-12,15-17,23,27-28H,2-3,6-7H2,1H3,(H,24,25,26)/t12-,15-,16+,17-/m1/s1. The molecule has 10 nitrogen and oxygen atoms in total. The van der Waals surface area contributed by atoms with Gasteiger partial charge in [-0.2, -0.15) is 13.1 Å². The van der Waals surface area contributed by atoms with Gasteiger partial charge in [0, 0.05) is 30.8 Å². The van der Waals surface area contributed by atoms with Gasteiger partial charge in [0.15, 0.2) is 0 Å². The smallest absolute Gasteiger partial charge is 0.335 e. The van der Waals surface area contributed by atoms with Crippen molar-refractivity contribution in [2.45, 2.75) is 50.0 Å². The van der Waals surface area contributed by atoms with Gasteiger partial charge in [0.25, 0.3) is 0 Å². The Kier molecular flexibility index (Phi) is 7.54. The summed E-state index contributed by atoms with van der Waals surface area (Å²) < 4.78 is 30.6. The van der Waals surface area contributed by atoms with Crippen LogP contribution >= 0.6 is 22.9 Å². The number of rotatable bonds is 8. The van der Waals surface area contributed by atoms with Crippen LogP contribution in [0.25, 0.3) is 0 Å². The monoisotopic (exact) mass is 526 g/mol. The van der Waals surface area contributed by atoms with Gasteiger partial charge in [-0.1, -0.05) is 23.4 Å². The van der Waals surface area contributed by atoms with E-state index >= 15 is 0 Å². The molecule has 2 aliphatic rings. The fraction of sp³-hybridized carbons (Fsp3) is 0.476. The summed E-state index contributed by atoms with van der Waals surface area (Å²) in [6.07, 6.45) is 2.03. The third kappa shape index (κ3) is 5.92. The van der Waals surface area contributed by atoms with Crippen LogP contribution in [0.4, 0.5) is 5.82 Å². The molecule has 0 spiro atoms. The zero-order chi connectivity index (χ0) is 24.5. The maximum absolute atomic E-state index is 13.2. The molecule has 0 amide bonds. The Balaban J connectivity index is 1.49. The maximum Gasteiger partial charge on any atom is 0.335 e. The van der Waals surface area contributed by atoms with Gasteiger partial charge >= 0.3 is 10.3 Å². The zero-order valence-corrected chi connectivity index (χ0v) is 20.5. The van der Waals surface area contributed by atoms with Crippen LogP contribution in [-0.2, 0) is 14.5 Å². The highest BCUT2D eigenvalue weighted by atomic mass is 35.5. The number of thiophene rings is 1. The molecule has 2 saturated carbocycles. The topological polar surface area (TPSA) is 151 Å². The first kappa shape index (κ1) is 25.0. The number of hydrogen-bond acceptors (Lipinski definition) is 10. The molecule has 2 fully saturated rings. The lowest BCUT2D eigenvalue weighted by atomic mass is 10.1. The summed E-state index contributed by atoms with van der Waals surface area (Å²) in [4.78, 5) is 21.6. The Labute approximate surface area is 206 Å². The zero-order valence-electron chi connectivity index (χ0n) is 18.1. The van der Waals surface area contributed by atoms with Crippen LogP contribution < -0.4 is 10.0 Å². The lowest BCUT2D eigenvalue weighted by molar-refractivity contribution is 0.0636. The van der Waals surface area contributed by atoms with E-state index in [4.69, 9.17) is 15.8 Å². The van der Waals surface area contributed by atoms with Gasteiger partial charge in [0.1, 0.15) is 28.7 Å². The van der Waals surface area contributed by atoms with Gasteiger partial charge < -0.3 is 15.5 Å². The molecular formula is C21H23ClN4O6S2. The lowest BCUT2D eigenvalue weighted by Gasteiger charge is -2.15. The van der Waals surface area contributed by atoms with Crippen molar-refractivity contribution in [1.29, 1.82) is 0 Å². The second kappa shape index (κ2) is 10.2. The molecule has 2 aromatic rings. The fourth-order valence-electron chi connectivity index (χ4n) is 3.53. The molecule has 4 atom stereocenters. The van der Waals surface area contributed by atoms with Crippen molar-refractivity contribution in [3.8, 4) is 11.8 Å². The van der Waals surface area contributed by atoms with Crippen molar-refractivity contribution in [2.24, 2.45) is 5.92 Å². The molecule has 34 heavy (non-hydrogen) atoms. The molecule has 0 aromatic carbocycles. The quantitative estimate of drug-likeness (QED) is 0.297. The van der Waals surface area contributed by atoms with Crippen LogP contribution in [0.15, 0.2) is 18.6 Å². The Bertz CT molecular complexity index is 1240. The molecular weight excluding hydrogens is 504 g/mol. The third-order valence-corrected chi connectivity index (χ3v) is 7.89. The largest absolute Gasteiger partial charge is 0.390 e. The summed E-state index contributed by atoms with van der Waals surface area (Å²) in [5.41, 5.74) is 0.548. The predicted molar refractivity (Wildman–Crippen MR) is 126 cm³/mol. The van der Waals surface area contributed by atoms with E-state index in [2.05, 4.69) is 27.1 Å². The fourth-order valence-corrected chi connectivity index (χ4v) is 5.44. The van der Waals surface area contributed by atoms with Crippen LogP contribution in [0.3, 0.4) is 0 Å². The Morgan fingerprint density at radius 2 is 2.15 bits per heavy atom. The molecule has 4 N–H and O–H groups in total. The molecule has 0 radical (unpaired) electrons. The number of nitrogens with zero attached hydrogens (tertiary/aromatic N) is 2. The number of anilines is 1. The van der Waals surface area contributed by atoms with Crippen molar-refractivity contribution in [3.05, 3.63) is 38.9 Å². The number of nitrogens with one attached hydrogen (secondary N) is 2. The van der Waals surface area contributed by atoms with Gasteiger partial charge in [-0.25, -0.2) is 9.97 Å². The normalized spacial score (nSPS) is 23.2. The maximum atomic E-state index is 13.2. The molecule has 182 valence electrons. The highest BCUT2D eigenvalue weighted by molar-refractivity contribution is 7.84. The second-order valence-corrected chi connectivity index (χ2v) is 11.3. The van der Waals surface area contributed by atoms with E-state index in [9.17, 15) is 23.4 Å². The van der Waals surface area contributed by atoms with Gasteiger partial charge in [-0.3, -0.25) is 8.98 Å². The lowest BCUT2D eigenvalue weighted by Crippen LogP contribution is -2.31. The van der Waals surface area contributed by atoms with Gasteiger partial charge in [0.2, 0.25) is 5.78 Å². The highest BCUT2D eigenvalue weighted by Crippen LogP contribution is 2.35. The van der Waals surface area contributed by atoms with E-state index in [1.807, 2.05) is 4.72 Å². The molecule has 13 heteroatoms. The first-order chi connectivity index (χ1) is 16.2. The number of aliphatic hydroxyl groups is 2. The van der Waals surface area contributed by atoms with Crippen molar-refractivity contribution < 1.29 is 27.6 Å². The molecule has 2 heterocycles. The van der Waals surface area contributed by atoms with E-state index < -0.39 is 40.4 Å². The minimum atomic E-state index is -3.96. The number of carbonyl (C=O) groups is 1. The average Bonchev–Trinajstić information content (AvgIpc) is 3.47. The van der Waals surface area contributed by atoms with Crippen molar-refractivity contribution >= 4 is 44.8 Å². The molecule has 4 rings (SSSR count). The Morgan fingerprint density at radius 3 is 2.85 bits per heavy atom. The molecule has 0 unspecified atom stereocenters. The Hall–Kier alpha value is -2.11. The summed E-state index contributed by atoms with van der Waals surface area (Å²) in [5.74, 6) is 5.92. The van der Waals surface area contributed by atoms with Crippen molar-refractivity contribution in [3.63, 3.8) is 0 Å². The number of carbonyl (C=O) groups excluding carboxylic acids is 1. The van der Waals surface area contributed by atoms with Crippen LogP contribution in [0.2, 0.25) is 4.34 Å². The molecule has 2 aliphatic carbocycles. The Morgan fingerprint density at radius 1 is 1.38 bits per heavy atom. The first-order valence-electron chi connectivity index (χ1n) is 10.6. The van der Waals surface area contributed by atoms with Crippen LogP contribution in [0, 0.1) is 17.8 Å². The average molecular weight is 527 g/mol. The number of aliphatic hydroxyl groups excluding tert-OH is 2. The summed E-state index contributed by atoms with van der Waals surface area (Å²) >= 11 is 7.30. The summed E-state index contributed by atoms with van der Waals surface area (Å²) in [6.45, 7) is 0. The van der Waals surface area contributed by atoms with E-state index in [1.165, 1.54) is 25.6 Å². The van der Waals surface area contributed by atoms with E-state index in [1.54, 1.807) is 0 Å². The summed E-state index contributed by atoms with van der Waals surface area (Å²) in [6, 6.07) is 1.12. The second-order valence-electron chi connectivity index (χ2n) is 8.09. The third-order valence-electron chi connectivity index (χ3n) is 5.50. The van der Waals surface area contributed by atoms with Gasteiger partial charge in [-0.05, 0) is 31.7 Å². The van der Waals surface area contributed by atoms with Gasteiger partial charge in [0.05, 0.1) is 16.5 Å². The SMILES string of the molecule is CNS(=O)(=O)O[C@@H]1C[C@H](Nc2ncncc2C(=O)c2cc([C@H](O)C#CC3CC3)c(Cl)s2)C[C@@H]1O. The van der Waals surface area contributed by atoms with Crippen molar-refractivity contribution in [2.75, 3.05) is 12.4 Å². The molecule has 2 aromatic heterocycles. The highest BCUT2D eigenvalue weighted by Gasteiger charge is 2.37. The molecule has 0 aliphatic heterocycles. The van der Waals surface area contributed by atoms with Crippen LogP contribution in [0.5, 0.6) is 0 Å². The van der Waals surface area contributed by atoms with E-state index in [0.717, 1.165) is 24.2 Å². The summed E-state index contributed by atoms with van der Waals surface area (Å²) in [5, 5.41) is 23.6. The number of halogens is 1. The first-order valence-corrected chi connectivity index (χ1v) is 13.2. The predicted octanol–water partition coefficient (Wildman–Crippen LogP) is 1.65. The minimum absolute atomic E-state index is 0.173. The van der Waals surface area contributed by atoms with E-state index in [0.29, 0.717) is 11.5 Å². The number of ketones is 1. The van der Waals surface area contributed by atoms with Crippen LogP contribution in [0.1, 0.15) is 52.6 Å².